The highest BCUT2D eigenvalue weighted by Crippen LogP contribution is 2.29. The normalized spacial score (nSPS) is 23.2. The Morgan fingerprint density at radius 3 is 2.94 bits per heavy atom. The lowest BCUT2D eigenvalue weighted by Gasteiger charge is -2.17. The highest BCUT2D eigenvalue weighted by molar-refractivity contribution is 5.95. The molecule has 2 heterocycles. The number of amides is 1. The van der Waals surface area contributed by atoms with Crippen LogP contribution in [0.4, 0.5) is 5.69 Å². The van der Waals surface area contributed by atoms with Crippen LogP contribution in [-0.2, 0) is 22.7 Å². The fraction of sp³-hybridized carbons (Fsp3) is 0.462. The minimum absolute atomic E-state index is 0.180. The number of anilines is 1. The molecule has 2 N–H and O–H groups in total. The molecule has 1 amide bonds. The van der Waals surface area contributed by atoms with Crippen LogP contribution < -0.4 is 10.6 Å². The molecule has 0 aromatic heterocycles. The van der Waals surface area contributed by atoms with Crippen LogP contribution in [0.25, 0.3) is 0 Å². The van der Waals surface area contributed by atoms with Gasteiger partial charge in [0.25, 0.3) is 0 Å². The Morgan fingerprint density at radius 2 is 2.18 bits per heavy atom. The standard InChI is InChI=1S/C13H16N2O2/c14-5-9-3-13(16)15(6-9)12-2-1-10-7-17-8-11(10)4-12/h1-2,4,9H,3,5-8,14H2. The summed E-state index contributed by atoms with van der Waals surface area (Å²) < 4.78 is 5.38. The van der Waals surface area contributed by atoms with Gasteiger partial charge in [0.2, 0.25) is 5.91 Å². The predicted molar refractivity (Wildman–Crippen MR) is 64.4 cm³/mol. The maximum Gasteiger partial charge on any atom is 0.227 e. The highest BCUT2D eigenvalue weighted by Gasteiger charge is 2.30. The molecule has 4 heteroatoms. The van der Waals surface area contributed by atoms with E-state index in [0.29, 0.717) is 32.1 Å². The third-order valence-corrected chi connectivity index (χ3v) is 3.56. The van der Waals surface area contributed by atoms with Crippen molar-refractivity contribution in [3.05, 3.63) is 29.3 Å². The minimum atomic E-state index is 0.180. The van der Waals surface area contributed by atoms with Crippen molar-refractivity contribution in [2.75, 3.05) is 18.0 Å². The first-order chi connectivity index (χ1) is 8.28. The Kier molecular flexibility index (Phi) is 2.61. The van der Waals surface area contributed by atoms with E-state index in [1.54, 1.807) is 0 Å². The molecule has 3 rings (SSSR count). The van der Waals surface area contributed by atoms with Gasteiger partial charge in [0, 0.05) is 18.7 Å². The van der Waals surface area contributed by atoms with Gasteiger partial charge in [-0.25, -0.2) is 0 Å². The second-order valence-corrected chi connectivity index (χ2v) is 4.76. The number of benzene rings is 1. The fourth-order valence-electron chi connectivity index (χ4n) is 2.52. The lowest BCUT2D eigenvalue weighted by molar-refractivity contribution is -0.117. The molecule has 4 nitrogen and oxygen atoms in total. The molecule has 1 unspecified atom stereocenters. The average molecular weight is 232 g/mol. The zero-order valence-electron chi connectivity index (χ0n) is 9.69. The summed E-state index contributed by atoms with van der Waals surface area (Å²) in [6.07, 6.45) is 0.573. The van der Waals surface area contributed by atoms with E-state index in [4.69, 9.17) is 10.5 Å². The van der Waals surface area contributed by atoms with Gasteiger partial charge in [-0.15, -0.1) is 0 Å². The van der Waals surface area contributed by atoms with Crippen LogP contribution in [-0.4, -0.2) is 19.0 Å². The molecule has 2 aliphatic rings. The van der Waals surface area contributed by atoms with Gasteiger partial charge in [0.15, 0.2) is 0 Å². The Balaban J connectivity index is 1.87. The summed E-state index contributed by atoms with van der Waals surface area (Å²) in [5.41, 5.74) is 9.04. The summed E-state index contributed by atoms with van der Waals surface area (Å²) >= 11 is 0. The topological polar surface area (TPSA) is 55.6 Å². The maximum atomic E-state index is 11.9. The molecule has 1 saturated heterocycles. The zero-order valence-corrected chi connectivity index (χ0v) is 9.69. The highest BCUT2D eigenvalue weighted by atomic mass is 16.5. The summed E-state index contributed by atoms with van der Waals surface area (Å²) in [6, 6.07) is 6.13. The molecular weight excluding hydrogens is 216 g/mol. The number of nitrogens with two attached hydrogens (primary N) is 1. The van der Waals surface area contributed by atoms with Crippen LogP contribution in [0.3, 0.4) is 0 Å². The van der Waals surface area contributed by atoms with E-state index in [1.165, 1.54) is 11.1 Å². The Labute approximate surface area is 100 Å². The van der Waals surface area contributed by atoms with Crippen LogP contribution in [0.5, 0.6) is 0 Å². The van der Waals surface area contributed by atoms with Gasteiger partial charge in [0.05, 0.1) is 13.2 Å². The van der Waals surface area contributed by atoms with Crippen LogP contribution in [0.1, 0.15) is 17.5 Å². The maximum absolute atomic E-state index is 11.9. The average Bonchev–Trinajstić information content (AvgIpc) is 2.93. The Bertz CT molecular complexity index is 459. The van der Waals surface area contributed by atoms with Gasteiger partial charge in [-0.1, -0.05) is 6.07 Å². The number of carbonyl (C=O) groups is 1. The van der Waals surface area contributed by atoms with Crippen LogP contribution in [0.2, 0.25) is 0 Å². The van der Waals surface area contributed by atoms with Gasteiger partial charge >= 0.3 is 0 Å². The van der Waals surface area contributed by atoms with Gasteiger partial charge in [-0.05, 0) is 35.7 Å². The van der Waals surface area contributed by atoms with E-state index < -0.39 is 0 Å². The number of ether oxygens (including phenoxy) is 1. The van der Waals surface area contributed by atoms with Gasteiger partial charge in [-0.3, -0.25) is 4.79 Å². The predicted octanol–water partition coefficient (Wildman–Crippen LogP) is 1.03. The van der Waals surface area contributed by atoms with E-state index >= 15 is 0 Å². The summed E-state index contributed by atoms with van der Waals surface area (Å²) in [6.45, 7) is 2.67. The summed E-state index contributed by atoms with van der Waals surface area (Å²) in [5.74, 6) is 0.478. The first kappa shape index (κ1) is 10.7. The first-order valence-corrected chi connectivity index (χ1v) is 5.98. The first-order valence-electron chi connectivity index (χ1n) is 5.98. The number of nitrogens with zero attached hydrogens (tertiary/aromatic N) is 1. The van der Waals surface area contributed by atoms with E-state index in [1.807, 2.05) is 11.0 Å². The van der Waals surface area contributed by atoms with Crippen molar-refractivity contribution in [2.45, 2.75) is 19.6 Å². The molecule has 0 saturated carbocycles. The van der Waals surface area contributed by atoms with Crippen molar-refractivity contribution in [1.29, 1.82) is 0 Å². The molecule has 0 spiro atoms. The Morgan fingerprint density at radius 1 is 1.35 bits per heavy atom. The molecule has 1 aromatic carbocycles. The number of fused-ring (bicyclic) bond motifs is 1. The minimum Gasteiger partial charge on any atom is -0.372 e. The molecular formula is C13H16N2O2. The SMILES string of the molecule is NCC1CC(=O)N(c2ccc3c(c2)COC3)C1. The van der Waals surface area contributed by atoms with Gasteiger partial charge < -0.3 is 15.4 Å². The number of rotatable bonds is 2. The third-order valence-electron chi connectivity index (χ3n) is 3.56. The number of hydrogen-bond acceptors (Lipinski definition) is 3. The monoisotopic (exact) mass is 232 g/mol. The van der Waals surface area contributed by atoms with Crippen molar-refractivity contribution in [1.82, 2.24) is 0 Å². The largest absolute Gasteiger partial charge is 0.372 e. The van der Waals surface area contributed by atoms with Gasteiger partial charge in [-0.2, -0.15) is 0 Å². The third kappa shape index (κ3) is 1.83. The lowest BCUT2D eigenvalue weighted by atomic mass is 10.1. The van der Waals surface area contributed by atoms with Crippen molar-refractivity contribution in [3.8, 4) is 0 Å². The van der Waals surface area contributed by atoms with Gasteiger partial charge in [0.1, 0.15) is 0 Å². The number of hydrogen-bond donors (Lipinski definition) is 1. The smallest absolute Gasteiger partial charge is 0.227 e. The summed E-state index contributed by atoms with van der Waals surface area (Å²) in [5, 5.41) is 0. The molecule has 90 valence electrons. The molecule has 0 aliphatic carbocycles. The van der Waals surface area contributed by atoms with Crippen LogP contribution in [0, 0.1) is 5.92 Å². The Hall–Kier alpha value is -1.39. The quantitative estimate of drug-likeness (QED) is 0.828. The van der Waals surface area contributed by atoms with E-state index in [-0.39, 0.29) is 5.91 Å². The lowest BCUT2D eigenvalue weighted by Crippen LogP contribution is -2.25. The van der Waals surface area contributed by atoms with E-state index in [2.05, 4.69) is 12.1 Å². The molecule has 2 aliphatic heterocycles. The van der Waals surface area contributed by atoms with Crippen LogP contribution >= 0.6 is 0 Å². The second kappa shape index (κ2) is 4.13. The van der Waals surface area contributed by atoms with Crippen molar-refractivity contribution in [2.24, 2.45) is 11.7 Å². The molecule has 17 heavy (non-hydrogen) atoms. The van der Waals surface area contributed by atoms with Crippen molar-refractivity contribution in [3.63, 3.8) is 0 Å². The molecule has 1 atom stereocenters. The summed E-state index contributed by atoms with van der Waals surface area (Å²) in [4.78, 5) is 13.7. The zero-order chi connectivity index (χ0) is 11.8. The van der Waals surface area contributed by atoms with Crippen molar-refractivity contribution >= 4 is 11.6 Å². The molecule has 1 fully saturated rings. The summed E-state index contributed by atoms with van der Waals surface area (Å²) in [7, 11) is 0. The molecule has 0 radical (unpaired) electrons. The van der Waals surface area contributed by atoms with Crippen molar-refractivity contribution < 1.29 is 9.53 Å². The number of carbonyl (C=O) groups excluding carboxylic acids is 1. The van der Waals surface area contributed by atoms with E-state index in [9.17, 15) is 4.79 Å². The molecule has 0 bridgehead atoms. The van der Waals surface area contributed by atoms with E-state index in [0.717, 1.165) is 12.2 Å². The van der Waals surface area contributed by atoms with Crippen LogP contribution in [0.15, 0.2) is 18.2 Å². The fourth-order valence-corrected chi connectivity index (χ4v) is 2.52. The second-order valence-electron chi connectivity index (χ2n) is 4.76. The molecule has 1 aromatic rings.